The number of nitrogens with one attached hydrogen (secondary N) is 1. The molecule has 0 bridgehead atoms. The standard InChI is InChI=1S/C14H22F3N3O2/c1-19-8-2-4-10(19)6-7-18-12(21)11-5-3-9-20(11)13(22)14(15,16)17/h10-11H,2-9H2,1H3,(H,18,21)/t10?,11-/m0/s1. The monoisotopic (exact) mass is 321 g/mol. The minimum absolute atomic E-state index is 0.0121. The van der Waals surface area contributed by atoms with Crippen LogP contribution < -0.4 is 5.32 Å². The van der Waals surface area contributed by atoms with Crippen molar-refractivity contribution < 1.29 is 22.8 Å². The Kier molecular flexibility index (Phi) is 5.31. The summed E-state index contributed by atoms with van der Waals surface area (Å²) >= 11 is 0. The van der Waals surface area contributed by atoms with Crippen molar-refractivity contribution in [1.82, 2.24) is 15.1 Å². The molecule has 2 rings (SSSR count). The first kappa shape index (κ1) is 17.1. The van der Waals surface area contributed by atoms with Crippen LogP contribution in [0.3, 0.4) is 0 Å². The van der Waals surface area contributed by atoms with Crippen LogP contribution in [0.5, 0.6) is 0 Å². The highest BCUT2D eigenvalue weighted by molar-refractivity contribution is 5.90. The average Bonchev–Trinajstić information content (AvgIpc) is 3.06. The number of amides is 2. The first-order chi connectivity index (χ1) is 10.3. The molecule has 8 heteroatoms. The predicted octanol–water partition coefficient (Wildman–Crippen LogP) is 1.14. The lowest BCUT2D eigenvalue weighted by molar-refractivity contribution is -0.186. The van der Waals surface area contributed by atoms with Gasteiger partial charge in [0, 0.05) is 19.1 Å². The van der Waals surface area contributed by atoms with E-state index in [1.165, 1.54) is 0 Å². The highest BCUT2D eigenvalue weighted by atomic mass is 19.4. The number of alkyl halides is 3. The van der Waals surface area contributed by atoms with Crippen molar-refractivity contribution in [3.05, 3.63) is 0 Å². The maximum atomic E-state index is 12.5. The molecule has 0 aromatic heterocycles. The molecule has 2 fully saturated rings. The average molecular weight is 321 g/mol. The number of nitrogens with zero attached hydrogens (tertiary/aromatic N) is 2. The van der Waals surface area contributed by atoms with Crippen molar-refractivity contribution in [3.63, 3.8) is 0 Å². The second-order valence-corrected chi connectivity index (χ2v) is 6.01. The summed E-state index contributed by atoms with van der Waals surface area (Å²) in [5.74, 6) is -2.39. The molecule has 5 nitrogen and oxygen atoms in total. The minimum atomic E-state index is -4.92. The fourth-order valence-electron chi connectivity index (χ4n) is 3.27. The first-order valence-electron chi connectivity index (χ1n) is 7.66. The van der Waals surface area contributed by atoms with E-state index in [0.29, 0.717) is 23.9 Å². The summed E-state index contributed by atoms with van der Waals surface area (Å²) in [7, 11) is 2.03. The van der Waals surface area contributed by atoms with E-state index in [2.05, 4.69) is 10.2 Å². The lowest BCUT2D eigenvalue weighted by atomic mass is 10.1. The molecule has 2 aliphatic rings. The van der Waals surface area contributed by atoms with Crippen molar-refractivity contribution in [2.75, 3.05) is 26.7 Å². The fourth-order valence-corrected chi connectivity index (χ4v) is 3.27. The van der Waals surface area contributed by atoms with Gasteiger partial charge in [0.2, 0.25) is 5.91 Å². The van der Waals surface area contributed by atoms with Gasteiger partial charge in [-0.15, -0.1) is 0 Å². The summed E-state index contributed by atoms with van der Waals surface area (Å²) in [6.07, 6.45) is -1.22. The van der Waals surface area contributed by atoms with Gasteiger partial charge in [0.05, 0.1) is 0 Å². The zero-order valence-corrected chi connectivity index (χ0v) is 12.7. The smallest absolute Gasteiger partial charge is 0.354 e. The van der Waals surface area contributed by atoms with Gasteiger partial charge in [-0.05, 0) is 45.7 Å². The SMILES string of the molecule is CN1CCCC1CCNC(=O)[C@@H]1CCCN1C(=O)C(F)(F)F. The quantitative estimate of drug-likeness (QED) is 0.845. The summed E-state index contributed by atoms with van der Waals surface area (Å²) in [6, 6.07) is -0.577. The number of likely N-dealkylation sites (tertiary alicyclic amines) is 2. The van der Waals surface area contributed by atoms with E-state index >= 15 is 0 Å². The van der Waals surface area contributed by atoms with Crippen LogP contribution in [-0.2, 0) is 9.59 Å². The molecule has 2 heterocycles. The van der Waals surface area contributed by atoms with Crippen LogP contribution in [0.15, 0.2) is 0 Å². The molecule has 2 atom stereocenters. The fraction of sp³-hybridized carbons (Fsp3) is 0.857. The third kappa shape index (κ3) is 3.91. The van der Waals surface area contributed by atoms with E-state index in [4.69, 9.17) is 0 Å². The van der Waals surface area contributed by atoms with Crippen LogP contribution in [0.25, 0.3) is 0 Å². The number of halogens is 3. The van der Waals surface area contributed by atoms with E-state index in [9.17, 15) is 22.8 Å². The molecular formula is C14H22F3N3O2. The van der Waals surface area contributed by atoms with Gasteiger partial charge >= 0.3 is 12.1 Å². The van der Waals surface area contributed by atoms with Gasteiger partial charge in [0.25, 0.3) is 0 Å². The molecule has 0 aliphatic carbocycles. The predicted molar refractivity (Wildman–Crippen MR) is 74.1 cm³/mol. The molecule has 0 spiro atoms. The third-order valence-electron chi connectivity index (χ3n) is 4.51. The highest BCUT2D eigenvalue weighted by Crippen LogP contribution is 2.25. The highest BCUT2D eigenvalue weighted by Gasteiger charge is 2.47. The zero-order valence-electron chi connectivity index (χ0n) is 12.7. The second-order valence-electron chi connectivity index (χ2n) is 6.01. The summed E-state index contributed by atoms with van der Waals surface area (Å²) in [5.41, 5.74) is 0. The summed E-state index contributed by atoms with van der Waals surface area (Å²) < 4.78 is 37.5. The molecule has 0 aromatic carbocycles. The van der Waals surface area contributed by atoms with E-state index in [1.807, 2.05) is 7.05 Å². The molecule has 1 unspecified atom stereocenters. The molecule has 2 amide bonds. The minimum Gasteiger partial charge on any atom is -0.354 e. The maximum Gasteiger partial charge on any atom is 0.471 e. The van der Waals surface area contributed by atoms with Crippen LogP contribution in [0.2, 0.25) is 0 Å². The first-order valence-corrected chi connectivity index (χ1v) is 7.66. The van der Waals surface area contributed by atoms with Gasteiger partial charge < -0.3 is 15.1 Å². The Morgan fingerprint density at radius 3 is 2.45 bits per heavy atom. The molecule has 0 saturated carbocycles. The van der Waals surface area contributed by atoms with E-state index in [-0.39, 0.29) is 13.0 Å². The Bertz CT molecular complexity index is 428. The summed E-state index contributed by atoms with van der Waals surface area (Å²) in [5, 5.41) is 2.68. The topological polar surface area (TPSA) is 52.7 Å². The molecular weight excluding hydrogens is 299 g/mol. The second kappa shape index (κ2) is 6.85. The van der Waals surface area contributed by atoms with Gasteiger partial charge in [-0.3, -0.25) is 9.59 Å². The Labute approximate surface area is 127 Å². The largest absolute Gasteiger partial charge is 0.471 e. The number of hydrogen-bond acceptors (Lipinski definition) is 3. The van der Waals surface area contributed by atoms with Crippen LogP contribution in [0.4, 0.5) is 13.2 Å². The molecule has 2 aliphatic heterocycles. The van der Waals surface area contributed by atoms with Crippen LogP contribution in [0.1, 0.15) is 32.1 Å². The molecule has 0 radical (unpaired) electrons. The van der Waals surface area contributed by atoms with Crippen molar-refractivity contribution in [2.24, 2.45) is 0 Å². The Morgan fingerprint density at radius 1 is 1.18 bits per heavy atom. The van der Waals surface area contributed by atoms with E-state index in [1.54, 1.807) is 0 Å². The molecule has 22 heavy (non-hydrogen) atoms. The van der Waals surface area contributed by atoms with Crippen LogP contribution in [-0.4, -0.2) is 66.6 Å². The van der Waals surface area contributed by atoms with Gasteiger partial charge in [-0.1, -0.05) is 0 Å². The molecule has 126 valence electrons. The van der Waals surface area contributed by atoms with E-state index < -0.39 is 24.0 Å². The van der Waals surface area contributed by atoms with Gasteiger partial charge in [0.1, 0.15) is 6.04 Å². The zero-order chi connectivity index (χ0) is 16.3. The lowest BCUT2D eigenvalue weighted by Gasteiger charge is -2.25. The van der Waals surface area contributed by atoms with Crippen molar-refractivity contribution in [2.45, 2.75) is 50.4 Å². The molecule has 2 saturated heterocycles. The Balaban J connectivity index is 1.82. The van der Waals surface area contributed by atoms with Gasteiger partial charge in [0.15, 0.2) is 0 Å². The third-order valence-corrected chi connectivity index (χ3v) is 4.51. The maximum absolute atomic E-state index is 12.5. The number of hydrogen-bond donors (Lipinski definition) is 1. The van der Waals surface area contributed by atoms with E-state index in [0.717, 1.165) is 25.8 Å². The number of rotatable bonds is 4. The van der Waals surface area contributed by atoms with Crippen molar-refractivity contribution in [3.8, 4) is 0 Å². The summed E-state index contributed by atoms with van der Waals surface area (Å²) in [6.45, 7) is 1.45. The lowest BCUT2D eigenvalue weighted by Crippen LogP contribution is -2.50. The normalized spacial score (nSPS) is 26.5. The number of carbonyl (C=O) groups excluding carboxylic acids is 2. The Hall–Kier alpha value is -1.31. The van der Waals surface area contributed by atoms with Crippen molar-refractivity contribution >= 4 is 11.8 Å². The van der Waals surface area contributed by atoms with Crippen LogP contribution >= 0.6 is 0 Å². The molecule has 0 aromatic rings. The van der Waals surface area contributed by atoms with Crippen molar-refractivity contribution in [1.29, 1.82) is 0 Å². The summed E-state index contributed by atoms with van der Waals surface area (Å²) in [4.78, 5) is 26.3. The van der Waals surface area contributed by atoms with Gasteiger partial charge in [-0.2, -0.15) is 13.2 Å². The molecule has 1 N–H and O–H groups in total. The van der Waals surface area contributed by atoms with Gasteiger partial charge in [-0.25, -0.2) is 0 Å². The Morgan fingerprint density at radius 2 is 1.86 bits per heavy atom. The van der Waals surface area contributed by atoms with Crippen LogP contribution in [0, 0.1) is 0 Å². The number of carbonyl (C=O) groups is 2.